The van der Waals surface area contributed by atoms with Crippen molar-refractivity contribution in [3.63, 3.8) is 0 Å². The van der Waals surface area contributed by atoms with Gasteiger partial charge in [-0.2, -0.15) is 10.2 Å². The Balaban J connectivity index is 1.96. The van der Waals surface area contributed by atoms with E-state index in [1.165, 1.54) is 0 Å². The lowest BCUT2D eigenvalue weighted by Gasteiger charge is -2.13. The van der Waals surface area contributed by atoms with Crippen molar-refractivity contribution in [3.8, 4) is 11.4 Å². The highest BCUT2D eigenvalue weighted by molar-refractivity contribution is 7.91. The summed E-state index contributed by atoms with van der Waals surface area (Å²) in [5.41, 5.74) is 3.42. The van der Waals surface area contributed by atoms with Gasteiger partial charge in [0.15, 0.2) is 21.3 Å². The minimum Gasteiger partial charge on any atom is -0.250 e. The molecule has 132 valence electrons. The molecule has 1 aliphatic rings. The van der Waals surface area contributed by atoms with Crippen LogP contribution < -0.4 is 0 Å². The fourth-order valence-corrected chi connectivity index (χ4v) is 5.27. The van der Waals surface area contributed by atoms with E-state index in [1.54, 1.807) is 9.36 Å². The van der Waals surface area contributed by atoms with Gasteiger partial charge in [0, 0.05) is 18.3 Å². The molecule has 0 aromatic carbocycles. The second-order valence-electron chi connectivity index (χ2n) is 6.70. The fourth-order valence-electron chi connectivity index (χ4n) is 3.58. The van der Waals surface area contributed by atoms with Crippen LogP contribution in [0.15, 0.2) is 6.07 Å². The molecule has 3 aromatic rings. The maximum absolute atomic E-state index is 11.9. The van der Waals surface area contributed by atoms with Crippen molar-refractivity contribution in [3.05, 3.63) is 23.3 Å². The molecule has 1 atom stereocenters. The van der Waals surface area contributed by atoms with Crippen molar-refractivity contribution in [2.45, 2.75) is 33.2 Å². The van der Waals surface area contributed by atoms with E-state index in [4.69, 9.17) is 0 Å². The van der Waals surface area contributed by atoms with Crippen LogP contribution in [-0.4, -0.2) is 49.5 Å². The first-order valence-electron chi connectivity index (χ1n) is 8.20. The highest BCUT2D eigenvalue weighted by Crippen LogP contribution is 2.33. The predicted octanol–water partition coefficient (Wildman–Crippen LogP) is 1.51. The highest BCUT2D eigenvalue weighted by Gasteiger charge is 2.32. The molecule has 0 unspecified atom stereocenters. The zero-order valence-electron chi connectivity index (χ0n) is 14.7. The second kappa shape index (κ2) is 5.35. The molecule has 1 saturated heterocycles. The summed E-state index contributed by atoms with van der Waals surface area (Å²) in [7, 11) is -1.14. The average Bonchev–Trinajstić information content (AvgIpc) is 3.15. The van der Waals surface area contributed by atoms with Crippen molar-refractivity contribution in [2.24, 2.45) is 7.05 Å². The van der Waals surface area contributed by atoms with Crippen molar-refractivity contribution in [1.82, 2.24) is 29.5 Å². The van der Waals surface area contributed by atoms with E-state index in [2.05, 4.69) is 20.2 Å². The maximum atomic E-state index is 11.9. The van der Waals surface area contributed by atoms with E-state index in [-0.39, 0.29) is 17.5 Å². The van der Waals surface area contributed by atoms with Gasteiger partial charge in [-0.3, -0.25) is 4.68 Å². The molecular formula is C16H20N6O2S. The van der Waals surface area contributed by atoms with Crippen molar-refractivity contribution >= 4 is 20.9 Å². The number of sulfone groups is 1. The number of hydrogen-bond acceptors (Lipinski definition) is 6. The van der Waals surface area contributed by atoms with E-state index in [1.807, 2.05) is 33.9 Å². The van der Waals surface area contributed by atoms with E-state index >= 15 is 0 Å². The molecule has 3 aromatic heterocycles. The van der Waals surface area contributed by atoms with E-state index in [9.17, 15) is 8.42 Å². The first-order valence-corrected chi connectivity index (χ1v) is 10.0. The van der Waals surface area contributed by atoms with Gasteiger partial charge in [-0.05, 0) is 33.3 Å². The third kappa shape index (κ3) is 2.62. The Kier molecular flexibility index (Phi) is 3.47. The molecule has 0 N–H and O–H groups in total. The van der Waals surface area contributed by atoms with Crippen LogP contribution in [0.3, 0.4) is 0 Å². The molecule has 0 aliphatic carbocycles. The topological polar surface area (TPSA) is 95.6 Å². The summed E-state index contributed by atoms with van der Waals surface area (Å²) in [5.74, 6) is 1.63. The number of aryl methyl sites for hydroxylation is 4. The van der Waals surface area contributed by atoms with Crippen molar-refractivity contribution in [1.29, 1.82) is 0 Å². The fraction of sp³-hybridized carbons (Fsp3) is 0.500. The second-order valence-corrected chi connectivity index (χ2v) is 8.93. The Morgan fingerprint density at radius 2 is 1.92 bits per heavy atom. The van der Waals surface area contributed by atoms with Gasteiger partial charge in [-0.25, -0.2) is 23.1 Å². The molecular weight excluding hydrogens is 340 g/mol. The number of pyridine rings is 1. The van der Waals surface area contributed by atoms with E-state index < -0.39 is 9.84 Å². The number of fused-ring (bicyclic) bond motifs is 1. The molecule has 0 bridgehead atoms. The Morgan fingerprint density at radius 3 is 2.60 bits per heavy atom. The molecule has 9 heteroatoms. The van der Waals surface area contributed by atoms with Crippen LogP contribution in [0.1, 0.15) is 29.7 Å². The first kappa shape index (κ1) is 16.2. The van der Waals surface area contributed by atoms with Gasteiger partial charge in [-0.1, -0.05) is 0 Å². The standard InChI is InChI=1S/C16H20N6O2S/c1-9-7-13(14-10(2)19-21(4)16(14)17-9)15-18-11(3)20-22(15)12-5-6-25(23,24)8-12/h7,12H,5-6,8H2,1-4H3/t12-/m1/s1. The molecule has 25 heavy (non-hydrogen) atoms. The Labute approximate surface area is 145 Å². The zero-order valence-corrected chi connectivity index (χ0v) is 15.5. The number of hydrogen-bond donors (Lipinski definition) is 0. The highest BCUT2D eigenvalue weighted by atomic mass is 32.2. The molecule has 0 spiro atoms. The van der Waals surface area contributed by atoms with Crippen LogP contribution in [0.4, 0.5) is 0 Å². The zero-order chi connectivity index (χ0) is 17.9. The normalized spacial score (nSPS) is 19.8. The Bertz CT molecular complexity index is 1100. The molecule has 4 rings (SSSR count). The van der Waals surface area contributed by atoms with Gasteiger partial charge in [-0.15, -0.1) is 0 Å². The largest absolute Gasteiger partial charge is 0.250 e. The van der Waals surface area contributed by atoms with Crippen LogP contribution >= 0.6 is 0 Å². The molecule has 0 amide bonds. The number of nitrogens with zero attached hydrogens (tertiary/aromatic N) is 6. The smallest absolute Gasteiger partial charge is 0.159 e. The maximum Gasteiger partial charge on any atom is 0.159 e. The van der Waals surface area contributed by atoms with Crippen molar-refractivity contribution < 1.29 is 8.42 Å². The summed E-state index contributed by atoms with van der Waals surface area (Å²) in [4.78, 5) is 9.19. The first-order chi connectivity index (χ1) is 11.7. The minimum absolute atomic E-state index is 0.113. The Morgan fingerprint density at radius 1 is 1.16 bits per heavy atom. The van der Waals surface area contributed by atoms with Gasteiger partial charge in [0.2, 0.25) is 0 Å². The summed E-state index contributed by atoms with van der Waals surface area (Å²) in [6, 6.07) is 1.79. The number of aromatic nitrogens is 6. The minimum atomic E-state index is -3.01. The SMILES string of the molecule is Cc1cc(-c2nc(C)nn2[C@@H]2CCS(=O)(=O)C2)c2c(C)nn(C)c2n1. The lowest BCUT2D eigenvalue weighted by atomic mass is 10.1. The van der Waals surface area contributed by atoms with E-state index in [0.717, 1.165) is 28.0 Å². The van der Waals surface area contributed by atoms with Gasteiger partial charge in [0.1, 0.15) is 5.82 Å². The van der Waals surface area contributed by atoms with Gasteiger partial charge in [0.25, 0.3) is 0 Å². The van der Waals surface area contributed by atoms with Crippen LogP contribution in [0.25, 0.3) is 22.4 Å². The summed E-state index contributed by atoms with van der Waals surface area (Å²) in [5, 5.41) is 9.91. The van der Waals surface area contributed by atoms with Gasteiger partial charge in [0.05, 0.1) is 28.6 Å². The predicted molar refractivity (Wildman–Crippen MR) is 94.0 cm³/mol. The van der Waals surface area contributed by atoms with Crippen LogP contribution in [0, 0.1) is 20.8 Å². The third-order valence-corrected chi connectivity index (χ3v) is 6.38. The molecule has 8 nitrogen and oxygen atoms in total. The molecule has 0 saturated carbocycles. The van der Waals surface area contributed by atoms with Crippen LogP contribution in [0.5, 0.6) is 0 Å². The monoisotopic (exact) mass is 360 g/mol. The van der Waals surface area contributed by atoms with Crippen LogP contribution in [0.2, 0.25) is 0 Å². The Hall–Kier alpha value is -2.29. The lowest BCUT2D eigenvalue weighted by molar-refractivity contribution is 0.502. The quantitative estimate of drug-likeness (QED) is 0.687. The number of rotatable bonds is 2. The molecule has 1 fully saturated rings. The van der Waals surface area contributed by atoms with Crippen LogP contribution in [-0.2, 0) is 16.9 Å². The molecule has 1 aliphatic heterocycles. The summed E-state index contributed by atoms with van der Waals surface area (Å²) >= 11 is 0. The van der Waals surface area contributed by atoms with Gasteiger partial charge < -0.3 is 0 Å². The van der Waals surface area contributed by atoms with E-state index in [0.29, 0.717) is 18.1 Å². The summed E-state index contributed by atoms with van der Waals surface area (Å²) in [6.45, 7) is 5.69. The summed E-state index contributed by atoms with van der Waals surface area (Å²) < 4.78 is 27.4. The molecule has 0 radical (unpaired) electrons. The third-order valence-electron chi connectivity index (χ3n) is 4.63. The average molecular weight is 360 g/mol. The van der Waals surface area contributed by atoms with Crippen molar-refractivity contribution in [2.75, 3.05) is 11.5 Å². The summed E-state index contributed by atoms with van der Waals surface area (Å²) in [6.07, 6.45) is 0.567. The molecule has 4 heterocycles. The van der Waals surface area contributed by atoms with Gasteiger partial charge >= 0.3 is 0 Å². The lowest BCUT2D eigenvalue weighted by Crippen LogP contribution is -2.14.